The molecule has 154 valence electrons. The predicted molar refractivity (Wildman–Crippen MR) is 105 cm³/mol. The lowest BCUT2D eigenvalue weighted by Crippen LogP contribution is -2.50. The maximum atomic E-state index is 12.2. The third kappa shape index (κ3) is 5.11. The molecule has 0 saturated carbocycles. The molecule has 2 aromatic rings. The van der Waals surface area contributed by atoms with Crippen LogP contribution in [0.25, 0.3) is 0 Å². The molecule has 1 saturated heterocycles. The summed E-state index contributed by atoms with van der Waals surface area (Å²) >= 11 is 0. The highest BCUT2D eigenvalue weighted by Crippen LogP contribution is 2.17. The van der Waals surface area contributed by atoms with Gasteiger partial charge in [0.25, 0.3) is 0 Å². The fourth-order valence-electron chi connectivity index (χ4n) is 2.75. The van der Waals surface area contributed by atoms with E-state index >= 15 is 0 Å². The molecule has 10 nitrogen and oxygen atoms in total. The zero-order chi connectivity index (χ0) is 21.6. The molecule has 0 aliphatic carbocycles. The molecule has 0 radical (unpaired) electrons. The number of pyridine rings is 1. The first-order valence-corrected chi connectivity index (χ1v) is 9.34. The van der Waals surface area contributed by atoms with Crippen molar-refractivity contribution in [1.82, 2.24) is 19.9 Å². The summed E-state index contributed by atoms with van der Waals surface area (Å²) in [6, 6.07) is 5.76. The number of ether oxygens (including phenoxy) is 2. The molecule has 0 spiro atoms. The van der Waals surface area contributed by atoms with Gasteiger partial charge in [0.15, 0.2) is 11.4 Å². The first kappa shape index (κ1) is 20.8. The Bertz CT molecular complexity index is 971. The SMILES string of the molecule is CC(C)(C#N)OC(=O)N1CCN(c2ncc(OCc3ccncc3C#N)cn2)CC1. The number of carbonyl (C=O) groups excluding carboxylic acids is 1. The number of rotatable bonds is 5. The molecule has 3 rings (SSSR count). The highest BCUT2D eigenvalue weighted by Gasteiger charge is 2.28. The lowest BCUT2D eigenvalue weighted by atomic mass is 10.2. The molecule has 10 heteroatoms. The molecule has 0 bridgehead atoms. The number of nitrogens with zero attached hydrogens (tertiary/aromatic N) is 7. The first-order valence-electron chi connectivity index (χ1n) is 9.34. The van der Waals surface area contributed by atoms with Crippen LogP contribution in [0.5, 0.6) is 5.75 Å². The molecule has 0 N–H and O–H groups in total. The number of aromatic nitrogens is 3. The van der Waals surface area contributed by atoms with Gasteiger partial charge in [-0.1, -0.05) is 0 Å². The van der Waals surface area contributed by atoms with Crippen molar-refractivity contribution >= 4 is 12.0 Å². The number of carbonyl (C=O) groups is 1. The van der Waals surface area contributed by atoms with E-state index in [4.69, 9.17) is 20.0 Å². The van der Waals surface area contributed by atoms with Crippen LogP contribution in [0, 0.1) is 22.7 Å². The minimum atomic E-state index is -1.16. The van der Waals surface area contributed by atoms with Gasteiger partial charge < -0.3 is 19.3 Å². The summed E-state index contributed by atoms with van der Waals surface area (Å²) in [5, 5.41) is 18.1. The van der Waals surface area contributed by atoms with Gasteiger partial charge in [-0.25, -0.2) is 14.8 Å². The second-order valence-corrected chi connectivity index (χ2v) is 7.12. The van der Waals surface area contributed by atoms with Crippen LogP contribution in [0.3, 0.4) is 0 Å². The largest absolute Gasteiger partial charge is 0.486 e. The molecule has 1 aliphatic heterocycles. The molecular weight excluding hydrogens is 386 g/mol. The van der Waals surface area contributed by atoms with Crippen molar-refractivity contribution in [2.75, 3.05) is 31.1 Å². The zero-order valence-electron chi connectivity index (χ0n) is 16.8. The Labute approximate surface area is 174 Å². The average Bonchev–Trinajstić information content (AvgIpc) is 2.78. The van der Waals surface area contributed by atoms with Crippen LogP contribution in [-0.2, 0) is 11.3 Å². The monoisotopic (exact) mass is 407 g/mol. The number of amides is 1. The van der Waals surface area contributed by atoms with Gasteiger partial charge in [0, 0.05) is 44.1 Å². The van der Waals surface area contributed by atoms with E-state index in [1.165, 1.54) is 6.20 Å². The van der Waals surface area contributed by atoms with E-state index < -0.39 is 11.7 Å². The highest BCUT2D eigenvalue weighted by atomic mass is 16.6. The van der Waals surface area contributed by atoms with Gasteiger partial charge in [-0.05, 0) is 19.9 Å². The number of nitriles is 2. The topological polar surface area (TPSA) is 128 Å². The molecule has 1 amide bonds. The summed E-state index contributed by atoms with van der Waals surface area (Å²) in [4.78, 5) is 28.3. The second kappa shape index (κ2) is 9.05. The summed E-state index contributed by atoms with van der Waals surface area (Å²) in [5.41, 5.74) is 0.0426. The third-order valence-electron chi connectivity index (χ3n) is 4.47. The maximum absolute atomic E-state index is 12.2. The Morgan fingerprint density at radius 2 is 1.87 bits per heavy atom. The molecule has 1 fully saturated rings. The van der Waals surface area contributed by atoms with Crippen LogP contribution in [-0.4, -0.2) is 57.7 Å². The van der Waals surface area contributed by atoms with Crippen molar-refractivity contribution in [3.63, 3.8) is 0 Å². The van der Waals surface area contributed by atoms with Crippen LogP contribution >= 0.6 is 0 Å². The van der Waals surface area contributed by atoms with Gasteiger partial charge in [-0.3, -0.25) is 4.98 Å². The first-order chi connectivity index (χ1) is 14.4. The molecule has 3 heterocycles. The number of piperazine rings is 1. The maximum Gasteiger partial charge on any atom is 0.411 e. The van der Waals surface area contributed by atoms with Crippen LogP contribution in [0.15, 0.2) is 30.9 Å². The molecule has 0 atom stereocenters. The summed E-state index contributed by atoms with van der Waals surface area (Å²) in [6.45, 7) is 5.30. The van der Waals surface area contributed by atoms with Gasteiger partial charge in [0.1, 0.15) is 18.7 Å². The summed E-state index contributed by atoms with van der Waals surface area (Å²) in [5.74, 6) is 1.02. The van der Waals surface area contributed by atoms with E-state index in [0.717, 1.165) is 5.56 Å². The van der Waals surface area contributed by atoms with E-state index in [1.54, 1.807) is 43.4 Å². The molecule has 30 heavy (non-hydrogen) atoms. The lowest BCUT2D eigenvalue weighted by molar-refractivity contribution is 0.0437. The number of hydrogen-bond donors (Lipinski definition) is 0. The van der Waals surface area contributed by atoms with Crippen molar-refractivity contribution in [1.29, 1.82) is 10.5 Å². The highest BCUT2D eigenvalue weighted by molar-refractivity contribution is 5.69. The van der Waals surface area contributed by atoms with E-state index in [2.05, 4.69) is 21.0 Å². The van der Waals surface area contributed by atoms with Crippen LogP contribution < -0.4 is 9.64 Å². The Morgan fingerprint density at radius 3 is 2.50 bits per heavy atom. The predicted octanol–water partition coefficient (Wildman–Crippen LogP) is 1.88. The Morgan fingerprint density at radius 1 is 1.17 bits per heavy atom. The molecule has 0 unspecified atom stereocenters. The van der Waals surface area contributed by atoms with Crippen molar-refractivity contribution in [2.45, 2.75) is 26.1 Å². The van der Waals surface area contributed by atoms with E-state index in [0.29, 0.717) is 43.4 Å². The minimum absolute atomic E-state index is 0.216. The molecule has 1 aliphatic rings. The number of anilines is 1. The Balaban J connectivity index is 1.52. The van der Waals surface area contributed by atoms with Crippen molar-refractivity contribution in [3.8, 4) is 17.9 Å². The Kier molecular flexibility index (Phi) is 6.28. The second-order valence-electron chi connectivity index (χ2n) is 7.12. The molecule has 0 aromatic carbocycles. The van der Waals surface area contributed by atoms with Gasteiger partial charge in [-0.2, -0.15) is 10.5 Å². The quantitative estimate of drug-likeness (QED) is 0.729. The van der Waals surface area contributed by atoms with Crippen molar-refractivity contribution < 1.29 is 14.3 Å². The minimum Gasteiger partial charge on any atom is -0.486 e. The lowest BCUT2D eigenvalue weighted by Gasteiger charge is -2.35. The van der Waals surface area contributed by atoms with Gasteiger partial charge >= 0.3 is 6.09 Å². The van der Waals surface area contributed by atoms with Crippen LogP contribution in [0.1, 0.15) is 25.0 Å². The standard InChI is InChI=1S/C20H21N7O3/c1-20(2,14-22)30-19(28)27-7-5-26(6-8-27)18-24-11-17(12-25-18)29-13-15-3-4-23-10-16(15)9-21/h3-4,10-12H,5-8,13H2,1-2H3. The fraction of sp³-hybridized carbons (Fsp3) is 0.400. The van der Waals surface area contributed by atoms with Gasteiger partial charge in [-0.15, -0.1) is 0 Å². The molecule has 2 aromatic heterocycles. The van der Waals surface area contributed by atoms with E-state index in [9.17, 15) is 4.79 Å². The van der Waals surface area contributed by atoms with Crippen LogP contribution in [0.4, 0.5) is 10.7 Å². The zero-order valence-corrected chi connectivity index (χ0v) is 16.8. The van der Waals surface area contributed by atoms with E-state index in [1.807, 2.05) is 11.0 Å². The summed E-state index contributed by atoms with van der Waals surface area (Å²) in [7, 11) is 0. The number of hydrogen-bond acceptors (Lipinski definition) is 9. The van der Waals surface area contributed by atoms with Crippen molar-refractivity contribution in [2.24, 2.45) is 0 Å². The van der Waals surface area contributed by atoms with Crippen molar-refractivity contribution in [3.05, 3.63) is 42.0 Å². The normalized spacial score (nSPS) is 13.9. The average molecular weight is 407 g/mol. The van der Waals surface area contributed by atoms with E-state index in [-0.39, 0.29) is 6.61 Å². The van der Waals surface area contributed by atoms with Crippen LogP contribution in [0.2, 0.25) is 0 Å². The Hall–Kier alpha value is -3.92. The molecular formula is C20H21N7O3. The smallest absolute Gasteiger partial charge is 0.411 e. The van der Waals surface area contributed by atoms with Gasteiger partial charge in [0.2, 0.25) is 5.95 Å². The summed E-state index contributed by atoms with van der Waals surface area (Å²) < 4.78 is 10.9. The fourth-order valence-corrected chi connectivity index (χ4v) is 2.75. The van der Waals surface area contributed by atoms with Gasteiger partial charge in [0.05, 0.1) is 18.0 Å². The third-order valence-corrected chi connectivity index (χ3v) is 4.47. The summed E-state index contributed by atoms with van der Waals surface area (Å²) in [6.07, 6.45) is 5.75.